The van der Waals surface area contributed by atoms with E-state index in [2.05, 4.69) is 24.7 Å². The lowest BCUT2D eigenvalue weighted by atomic mass is 10.1. The highest BCUT2D eigenvalue weighted by atomic mass is 32.2. The summed E-state index contributed by atoms with van der Waals surface area (Å²) in [7, 11) is -0.0192. The molecule has 4 rings (SSSR count). The molecule has 0 unspecified atom stereocenters. The van der Waals surface area contributed by atoms with E-state index in [9.17, 15) is 8.42 Å². The lowest BCUT2D eigenvalue weighted by Gasteiger charge is -2.17. The minimum Gasteiger partial charge on any atom is -0.493 e. The molecule has 0 radical (unpaired) electrons. The number of sulfonamides is 1. The lowest BCUT2D eigenvalue weighted by molar-refractivity contribution is 0.348. The minimum absolute atomic E-state index is 0.0584. The summed E-state index contributed by atoms with van der Waals surface area (Å²) in [6.07, 6.45) is 2.97. The monoisotopic (exact) mass is 564 g/mol. The van der Waals surface area contributed by atoms with Crippen molar-refractivity contribution >= 4 is 21.7 Å². The molecule has 0 aliphatic carbocycles. The number of nitrogens with one attached hydrogen (secondary N) is 2. The fraction of sp³-hybridized carbons (Fsp3) is 0.222. The molecule has 40 heavy (non-hydrogen) atoms. The van der Waals surface area contributed by atoms with Crippen LogP contribution in [0.15, 0.2) is 66.0 Å². The number of ether oxygens (including phenoxy) is 4. The highest BCUT2D eigenvalue weighted by Gasteiger charge is 2.26. The van der Waals surface area contributed by atoms with E-state index in [4.69, 9.17) is 24.4 Å². The second-order valence-electron chi connectivity index (χ2n) is 8.64. The van der Waals surface area contributed by atoms with Crippen LogP contribution in [0.25, 0.3) is 11.4 Å². The Hall–Kier alpha value is -4.78. The molecule has 0 atom stereocenters. The number of benzene rings is 1. The van der Waals surface area contributed by atoms with E-state index in [1.165, 1.54) is 45.9 Å². The summed E-state index contributed by atoms with van der Waals surface area (Å²) >= 11 is 0. The molecule has 0 aliphatic rings. The highest BCUT2D eigenvalue weighted by molar-refractivity contribution is 7.92. The summed E-state index contributed by atoms with van der Waals surface area (Å²) in [6.45, 7) is 3.97. The standard InChI is InChI=1S/C27H28N6O6S/c1-16(2)18-10-11-22(30-15-18)40(34,35)33-26-23(39-21-9-7-6-8-20(21)36-3)27(38-5)32-25(31-26)17-12-13-29-19(14-17)24(28)37-4/h6-16,28H,1-5H3,(H,31,32,33). The quantitative estimate of drug-likeness (QED) is 0.205. The topological polar surface area (TPSA) is 158 Å². The molecular weight excluding hydrogens is 536 g/mol. The van der Waals surface area contributed by atoms with Gasteiger partial charge in [0.15, 0.2) is 28.2 Å². The fourth-order valence-corrected chi connectivity index (χ4v) is 4.48. The predicted molar refractivity (Wildman–Crippen MR) is 148 cm³/mol. The molecule has 13 heteroatoms. The van der Waals surface area contributed by atoms with Gasteiger partial charge in [0.1, 0.15) is 5.69 Å². The molecule has 0 aliphatic heterocycles. The molecule has 0 spiro atoms. The van der Waals surface area contributed by atoms with Gasteiger partial charge in [0.2, 0.25) is 11.6 Å². The molecule has 0 fully saturated rings. The zero-order valence-corrected chi connectivity index (χ0v) is 23.3. The normalized spacial score (nSPS) is 11.2. The number of anilines is 1. The zero-order chi connectivity index (χ0) is 28.9. The van der Waals surface area contributed by atoms with Crippen molar-refractivity contribution in [1.82, 2.24) is 19.9 Å². The van der Waals surface area contributed by atoms with Gasteiger partial charge in [-0.2, -0.15) is 13.4 Å². The third kappa shape index (κ3) is 6.10. The number of methoxy groups -OCH3 is 3. The molecule has 2 N–H and O–H groups in total. The molecular formula is C27H28N6O6S. The fourth-order valence-electron chi connectivity index (χ4n) is 3.54. The molecule has 0 bridgehead atoms. The Balaban J connectivity index is 1.86. The van der Waals surface area contributed by atoms with Crippen LogP contribution in [-0.2, 0) is 14.8 Å². The van der Waals surface area contributed by atoms with E-state index in [1.54, 1.807) is 36.4 Å². The molecule has 4 aromatic rings. The second-order valence-corrected chi connectivity index (χ2v) is 10.3. The molecule has 0 saturated carbocycles. The van der Waals surface area contributed by atoms with Crippen LogP contribution in [0.1, 0.15) is 31.0 Å². The molecule has 208 valence electrons. The summed E-state index contributed by atoms with van der Waals surface area (Å²) < 4.78 is 51.2. The predicted octanol–water partition coefficient (Wildman–Crippen LogP) is 4.64. The number of hydrogen-bond donors (Lipinski definition) is 2. The van der Waals surface area contributed by atoms with Crippen LogP contribution in [0.2, 0.25) is 0 Å². The lowest BCUT2D eigenvalue weighted by Crippen LogP contribution is -2.17. The van der Waals surface area contributed by atoms with Gasteiger partial charge in [-0.3, -0.25) is 15.1 Å². The SMILES string of the molecule is COC(=N)c1cc(-c2nc(NS(=O)(=O)c3ccc(C(C)C)cn3)c(Oc3ccccc3OC)c(OC)n2)ccn1. The Morgan fingerprint density at radius 1 is 0.950 bits per heavy atom. The van der Waals surface area contributed by atoms with E-state index in [0.717, 1.165) is 5.56 Å². The van der Waals surface area contributed by atoms with Crippen molar-refractivity contribution < 1.29 is 27.4 Å². The van der Waals surface area contributed by atoms with E-state index >= 15 is 0 Å². The van der Waals surface area contributed by atoms with Crippen molar-refractivity contribution in [3.05, 3.63) is 72.2 Å². The van der Waals surface area contributed by atoms with Gasteiger partial charge in [-0.05, 0) is 41.8 Å². The highest BCUT2D eigenvalue weighted by Crippen LogP contribution is 2.41. The van der Waals surface area contributed by atoms with Crippen LogP contribution in [-0.4, -0.2) is 55.6 Å². The summed E-state index contributed by atoms with van der Waals surface area (Å²) in [6, 6.07) is 13.1. The average Bonchev–Trinajstić information content (AvgIpc) is 2.97. The minimum atomic E-state index is -4.22. The van der Waals surface area contributed by atoms with Crippen LogP contribution < -0.4 is 18.9 Å². The van der Waals surface area contributed by atoms with E-state index in [0.29, 0.717) is 11.3 Å². The van der Waals surface area contributed by atoms with Crippen molar-refractivity contribution in [2.24, 2.45) is 0 Å². The van der Waals surface area contributed by atoms with E-state index in [1.807, 2.05) is 13.8 Å². The maximum Gasteiger partial charge on any atom is 0.280 e. The molecule has 0 amide bonds. The number of aromatic nitrogens is 4. The summed E-state index contributed by atoms with van der Waals surface area (Å²) in [5, 5.41) is 7.72. The first-order valence-corrected chi connectivity index (χ1v) is 13.5. The molecule has 0 saturated heterocycles. The Kier molecular flexibility index (Phi) is 8.43. The van der Waals surface area contributed by atoms with Crippen molar-refractivity contribution in [3.8, 4) is 34.5 Å². The van der Waals surface area contributed by atoms with Crippen molar-refractivity contribution in [1.29, 1.82) is 5.41 Å². The molecule has 3 aromatic heterocycles. The van der Waals surface area contributed by atoms with E-state index < -0.39 is 10.0 Å². The molecule has 3 heterocycles. The first kappa shape index (κ1) is 28.2. The summed E-state index contributed by atoms with van der Waals surface area (Å²) in [5.41, 5.74) is 1.54. The molecule has 12 nitrogen and oxygen atoms in total. The van der Waals surface area contributed by atoms with Gasteiger partial charge in [0, 0.05) is 18.0 Å². The zero-order valence-electron chi connectivity index (χ0n) is 22.5. The van der Waals surface area contributed by atoms with Gasteiger partial charge in [0.05, 0.1) is 21.3 Å². The average molecular weight is 565 g/mol. The van der Waals surface area contributed by atoms with Gasteiger partial charge in [-0.25, -0.2) is 9.97 Å². The second kappa shape index (κ2) is 11.9. The largest absolute Gasteiger partial charge is 0.493 e. The number of nitrogens with zero attached hydrogens (tertiary/aromatic N) is 4. The number of pyridine rings is 2. The van der Waals surface area contributed by atoms with E-state index in [-0.39, 0.29) is 51.6 Å². The van der Waals surface area contributed by atoms with Crippen molar-refractivity contribution in [2.75, 3.05) is 26.1 Å². The summed E-state index contributed by atoms with van der Waals surface area (Å²) in [5.74, 6) is 0.400. The summed E-state index contributed by atoms with van der Waals surface area (Å²) in [4.78, 5) is 17.2. The first-order chi connectivity index (χ1) is 19.2. The maximum absolute atomic E-state index is 13.4. The number of para-hydroxylation sites is 2. The molecule has 1 aromatic carbocycles. The third-order valence-electron chi connectivity index (χ3n) is 5.70. The first-order valence-electron chi connectivity index (χ1n) is 12.0. The third-order valence-corrected chi connectivity index (χ3v) is 6.95. The Morgan fingerprint density at radius 2 is 1.70 bits per heavy atom. The number of rotatable bonds is 10. The van der Waals surface area contributed by atoms with Crippen LogP contribution in [0.3, 0.4) is 0 Å². The van der Waals surface area contributed by atoms with Gasteiger partial charge in [-0.1, -0.05) is 32.0 Å². The smallest absolute Gasteiger partial charge is 0.280 e. The van der Waals surface area contributed by atoms with Crippen molar-refractivity contribution in [2.45, 2.75) is 24.8 Å². The van der Waals surface area contributed by atoms with Gasteiger partial charge in [0.25, 0.3) is 15.9 Å². The van der Waals surface area contributed by atoms with Gasteiger partial charge < -0.3 is 18.9 Å². The Labute approximate surface area is 231 Å². The van der Waals surface area contributed by atoms with Crippen molar-refractivity contribution in [3.63, 3.8) is 0 Å². The van der Waals surface area contributed by atoms with Crippen LogP contribution in [0.4, 0.5) is 5.82 Å². The van der Waals surface area contributed by atoms with Gasteiger partial charge in [-0.15, -0.1) is 0 Å². The van der Waals surface area contributed by atoms with Crippen LogP contribution in [0.5, 0.6) is 23.1 Å². The Bertz CT molecular complexity index is 1630. The van der Waals surface area contributed by atoms with Gasteiger partial charge >= 0.3 is 0 Å². The van der Waals surface area contributed by atoms with Crippen LogP contribution in [0, 0.1) is 5.41 Å². The Morgan fingerprint density at radius 3 is 2.33 bits per heavy atom. The van der Waals surface area contributed by atoms with Crippen LogP contribution >= 0.6 is 0 Å². The number of hydrogen-bond acceptors (Lipinski definition) is 11. The maximum atomic E-state index is 13.4.